The summed E-state index contributed by atoms with van der Waals surface area (Å²) < 4.78 is 50.4. The molecular formula is C12H13F4N. The minimum absolute atomic E-state index is 0.0454. The molecule has 5 heteroatoms. The van der Waals surface area contributed by atoms with Gasteiger partial charge in [-0.25, -0.2) is 4.39 Å². The Bertz CT molecular complexity index is 396. The lowest BCUT2D eigenvalue weighted by atomic mass is 10.1. The van der Waals surface area contributed by atoms with E-state index >= 15 is 0 Å². The molecule has 1 rings (SSSR count). The molecule has 0 bridgehead atoms. The summed E-state index contributed by atoms with van der Waals surface area (Å²) in [6, 6.07) is 2.38. The van der Waals surface area contributed by atoms with Gasteiger partial charge in [-0.05, 0) is 38.2 Å². The van der Waals surface area contributed by atoms with Gasteiger partial charge in [-0.1, -0.05) is 12.2 Å². The second kappa shape index (κ2) is 5.82. The molecule has 0 aliphatic carbocycles. The Kier molecular flexibility index (Phi) is 4.69. The number of alkyl halides is 3. The van der Waals surface area contributed by atoms with Crippen LogP contribution < -0.4 is 5.32 Å². The highest BCUT2D eigenvalue weighted by molar-refractivity contribution is 5.51. The average Bonchev–Trinajstić information content (AvgIpc) is 2.25. The number of nitrogens with one attached hydrogen (secondary N) is 1. The highest BCUT2D eigenvalue weighted by atomic mass is 19.4. The summed E-state index contributed by atoms with van der Waals surface area (Å²) in [5.74, 6) is -0.654. The molecule has 0 aliphatic heterocycles. The molecule has 0 saturated heterocycles. The second-order valence-corrected chi connectivity index (χ2v) is 3.53. The molecule has 1 nitrogen and oxygen atoms in total. The fourth-order valence-electron chi connectivity index (χ4n) is 1.29. The van der Waals surface area contributed by atoms with Crippen molar-refractivity contribution in [3.8, 4) is 0 Å². The topological polar surface area (TPSA) is 12.0 Å². The maximum absolute atomic E-state index is 13.2. The lowest BCUT2D eigenvalue weighted by molar-refractivity contribution is -0.137. The van der Waals surface area contributed by atoms with Crippen LogP contribution in [0.1, 0.15) is 17.5 Å². The van der Waals surface area contributed by atoms with Crippen molar-refractivity contribution in [2.24, 2.45) is 0 Å². The molecule has 1 aromatic rings. The van der Waals surface area contributed by atoms with Crippen LogP contribution in [0, 0.1) is 5.82 Å². The van der Waals surface area contributed by atoms with Crippen molar-refractivity contribution in [2.45, 2.75) is 12.6 Å². The Labute approximate surface area is 97.1 Å². The molecule has 0 radical (unpaired) electrons. The summed E-state index contributed by atoms with van der Waals surface area (Å²) in [6.07, 6.45) is -0.815. The van der Waals surface area contributed by atoms with Crippen LogP contribution in [0.3, 0.4) is 0 Å². The molecule has 0 unspecified atom stereocenters. The van der Waals surface area contributed by atoms with E-state index in [0.717, 1.165) is 18.2 Å². The van der Waals surface area contributed by atoms with E-state index in [1.165, 1.54) is 6.08 Å². The van der Waals surface area contributed by atoms with E-state index in [4.69, 9.17) is 0 Å². The zero-order valence-electron chi connectivity index (χ0n) is 9.31. The molecule has 0 saturated carbocycles. The van der Waals surface area contributed by atoms with Gasteiger partial charge in [0.2, 0.25) is 0 Å². The maximum Gasteiger partial charge on any atom is 0.416 e. The Morgan fingerprint density at radius 2 is 2.00 bits per heavy atom. The third kappa shape index (κ3) is 4.19. The molecule has 17 heavy (non-hydrogen) atoms. The second-order valence-electron chi connectivity index (χ2n) is 3.53. The van der Waals surface area contributed by atoms with E-state index in [-0.39, 0.29) is 5.56 Å². The monoisotopic (exact) mass is 247 g/mol. The first-order chi connectivity index (χ1) is 7.95. The zero-order chi connectivity index (χ0) is 12.9. The van der Waals surface area contributed by atoms with Gasteiger partial charge in [0.05, 0.1) is 5.56 Å². The van der Waals surface area contributed by atoms with Crippen LogP contribution in [-0.2, 0) is 6.18 Å². The van der Waals surface area contributed by atoms with Gasteiger partial charge in [0.1, 0.15) is 5.82 Å². The first kappa shape index (κ1) is 13.7. The van der Waals surface area contributed by atoms with Crippen molar-refractivity contribution in [1.82, 2.24) is 5.32 Å². The van der Waals surface area contributed by atoms with Crippen LogP contribution in [0.4, 0.5) is 17.6 Å². The molecule has 0 heterocycles. The molecule has 1 aromatic carbocycles. The zero-order valence-corrected chi connectivity index (χ0v) is 9.31. The van der Waals surface area contributed by atoms with Crippen LogP contribution in [0.25, 0.3) is 6.08 Å². The minimum Gasteiger partial charge on any atom is -0.319 e. The van der Waals surface area contributed by atoms with Gasteiger partial charge < -0.3 is 5.32 Å². The number of hydrogen-bond donors (Lipinski definition) is 1. The van der Waals surface area contributed by atoms with E-state index < -0.39 is 17.6 Å². The number of rotatable bonds is 4. The lowest BCUT2D eigenvalue weighted by Gasteiger charge is -2.07. The van der Waals surface area contributed by atoms with Crippen molar-refractivity contribution in [3.05, 3.63) is 41.2 Å². The Morgan fingerprint density at radius 3 is 2.59 bits per heavy atom. The molecule has 1 N–H and O–H groups in total. The Balaban J connectivity index is 2.87. The van der Waals surface area contributed by atoms with E-state index in [2.05, 4.69) is 5.32 Å². The summed E-state index contributed by atoms with van der Waals surface area (Å²) in [5, 5.41) is 2.88. The van der Waals surface area contributed by atoms with Gasteiger partial charge in [0.15, 0.2) is 0 Å². The van der Waals surface area contributed by atoms with E-state index in [9.17, 15) is 17.6 Å². The van der Waals surface area contributed by atoms with Gasteiger partial charge in [-0.3, -0.25) is 0 Å². The molecule has 0 spiro atoms. The minimum atomic E-state index is -4.44. The average molecular weight is 247 g/mol. The molecular weight excluding hydrogens is 234 g/mol. The summed E-state index contributed by atoms with van der Waals surface area (Å²) in [4.78, 5) is 0. The number of halogens is 4. The smallest absolute Gasteiger partial charge is 0.319 e. The van der Waals surface area contributed by atoms with Gasteiger partial charge in [0, 0.05) is 5.56 Å². The van der Waals surface area contributed by atoms with Crippen molar-refractivity contribution in [2.75, 3.05) is 13.6 Å². The third-order valence-corrected chi connectivity index (χ3v) is 2.18. The maximum atomic E-state index is 13.2. The van der Waals surface area contributed by atoms with E-state index in [0.29, 0.717) is 13.0 Å². The SMILES string of the molecule is CNCCC=Cc1cc(C(F)(F)F)ccc1F. The number of benzene rings is 1. The molecule has 0 aromatic heterocycles. The highest BCUT2D eigenvalue weighted by Gasteiger charge is 2.30. The normalized spacial score (nSPS) is 12.3. The molecule has 0 fully saturated rings. The lowest BCUT2D eigenvalue weighted by Crippen LogP contribution is -2.06. The number of hydrogen-bond acceptors (Lipinski definition) is 1. The molecule has 0 atom stereocenters. The Morgan fingerprint density at radius 1 is 1.29 bits per heavy atom. The predicted molar refractivity (Wildman–Crippen MR) is 59.0 cm³/mol. The van der Waals surface area contributed by atoms with Crippen LogP contribution in [0.2, 0.25) is 0 Å². The third-order valence-electron chi connectivity index (χ3n) is 2.18. The summed E-state index contributed by atoms with van der Waals surface area (Å²) in [6.45, 7) is 0.692. The summed E-state index contributed by atoms with van der Waals surface area (Å²) in [7, 11) is 1.76. The van der Waals surface area contributed by atoms with Crippen molar-refractivity contribution >= 4 is 6.08 Å². The predicted octanol–water partition coefficient (Wildman–Crippen LogP) is 3.47. The Hall–Kier alpha value is -1.36. The van der Waals surface area contributed by atoms with Crippen molar-refractivity contribution in [1.29, 1.82) is 0 Å². The molecule has 0 aliphatic rings. The summed E-state index contributed by atoms with van der Waals surface area (Å²) >= 11 is 0. The molecule has 0 amide bonds. The van der Waals surface area contributed by atoms with Crippen LogP contribution in [-0.4, -0.2) is 13.6 Å². The van der Waals surface area contributed by atoms with Gasteiger partial charge in [-0.2, -0.15) is 13.2 Å². The van der Waals surface area contributed by atoms with Crippen molar-refractivity contribution < 1.29 is 17.6 Å². The quantitative estimate of drug-likeness (QED) is 0.634. The highest BCUT2D eigenvalue weighted by Crippen LogP contribution is 2.30. The van der Waals surface area contributed by atoms with E-state index in [1.54, 1.807) is 13.1 Å². The first-order valence-electron chi connectivity index (χ1n) is 5.13. The van der Waals surface area contributed by atoms with Crippen LogP contribution >= 0.6 is 0 Å². The molecule has 94 valence electrons. The summed E-state index contributed by atoms with van der Waals surface area (Å²) in [5.41, 5.74) is -0.886. The van der Waals surface area contributed by atoms with Crippen LogP contribution in [0.5, 0.6) is 0 Å². The van der Waals surface area contributed by atoms with Gasteiger partial charge in [0.25, 0.3) is 0 Å². The van der Waals surface area contributed by atoms with Crippen LogP contribution in [0.15, 0.2) is 24.3 Å². The van der Waals surface area contributed by atoms with Gasteiger partial charge >= 0.3 is 6.18 Å². The fourth-order valence-corrected chi connectivity index (χ4v) is 1.29. The van der Waals surface area contributed by atoms with Gasteiger partial charge in [-0.15, -0.1) is 0 Å². The van der Waals surface area contributed by atoms with Crippen molar-refractivity contribution in [3.63, 3.8) is 0 Å². The first-order valence-corrected chi connectivity index (χ1v) is 5.13. The fraction of sp³-hybridized carbons (Fsp3) is 0.333. The van der Waals surface area contributed by atoms with E-state index in [1.807, 2.05) is 0 Å². The standard InChI is InChI=1S/C12H13F4N/c1-17-7-3-2-4-9-8-10(12(14,15)16)5-6-11(9)13/h2,4-6,8,17H,3,7H2,1H3. The largest absolute Gasteiger partial charge is 0.416 e.